The maximum atomic E-state index is 13.1. The van der Waals surface area contributed by atoms with Crippen molar-refractivity contribution >= 4 is 23.2 Å². The molecule has 0 aliphatic heterocycles. The molecule has 94 valence electrons. The van der Waals surface area contributed by atoms with E-state index >= 15 is 0 Å². The molecule has 0 heterocycles. The largest absolute Gasteiger partial charge is 0.506 e. The van der Waals surface area contributed by atoms with Crippen molar-refractivity contribution < 1.29 is 18.3 Å². The molecule has 0 bridgehead atoms. The van der Waals surface area contributed by atoms with Crippen molar-refractivity contribution in [2.75, 3.05) is 0 Å². The van der Waals surface area contributed by atoms with Crippen LogP contribution in [0.5, 0.6) is 5.75 Å². The Morgan fingerprint density at radius 2 is 1.39 bits per heavy atom. The summed E-state index contributed by atoms with van der Waals surface area (Å²) in [6.45, 7) is 0. The lowest BCUT2D eigenvalue weighted by atomic mass is 10.0. The Morgan fingerprint density at radius 1 is 0.833 bits per heavy atom. The van der Waals surface area contributed by atoms with Gasteiger partial charge < -0.3 is 5.11 Å². The zero-order chi connectivity index (χ0) is 13.4. The summed E-state index contributed by atoms with van der Waals surface area (Å²) in [7, 11) is 0. The highest BCUT2D eigenvalue weighted by molar-refractivity contribution is 6.36. The Bertz CT molecular complexity index is 606. The molecule has 2 aromatic rings. The topological polar surface area (TPSA) is 20.2 Å². The summed E-state index contributed by atoms with van der Waals surface area (Å²) in [5.41, 5.74) is 0.218. The number of hydrogen-bond acceptors (Lipinski definition) is 1. The number of hydrogen-bond donors (Lipinski definition) is 1. The fraction of sp³-hybridized carbons (Fsp3) is 0. The molecule has 0 saturated carbocycles. The molecule has 0 fully saturated rings. The second kappa shape index (κ2) is 4.71. The molecule has 0 atom stereocenters. The predicted molar refractivity (Wildman–Crippen MR) is 63.4 cm³/mol. The second-order valence-electron chi connectivity index (χ2n) is 3.54. The molecule has 0 saturated heterocycles. The molecule has 0 aromatic heterocycles. The maximum absolute atomic E-state index is 13.1. The van der Waals surface area contributed by atoms with Crippen molar-refractivity contribution in [3.63, 3.8) is 0 Å². The van der Waals surface area contributed by atoms with Crippen LogP contribution in [-0.2, 0) is 0 Å². The highest BCUT2D eigenvalue weighted by Gasteiger charge is 2.14. The Hall–Kier alpha value is -1.39. The van der Waals surface area contributed by atoms with E-state index in [9.17, 15) is 18.3 Å². The lowest BCUT2D eigenvalue weighted by Gasteiger charge is -2.08. The standard InChI is InChI=1S/C12H5Cl2F3O/c13-7-4-11(18)8(14)3-6(7)5-1-9(15)12(17)10(16)2-5/h1-4,18H. The molecule has 2 aromatic carbocycles. The molecular formula is C12H5Cl2F3O. The molecule has 0 unspecified atom stereocenters. The Balaban J connectivity index is 2.66. The Labute approximate surface area is 110 Å². The van der Waals surface area contributed by atoms with Gasteiger partial charge in [0.1, 0.15) is 5.75 Å². The van der Waals surface area contributed by atoms with E-state index in [1.165, 1.54) is 6.07 Å². The van der Waals surface area contributed by atoms with E-state index in [4.69, 9.17) is 23.2 Å². The van der Waals surface area contributed by atoms with Gasteiger partial charge in [-0.15, -0.1) is 0 Å². The zero-order valence-electron chi connectivity index (χ0n) is 8.65. The third-order valence-corrected chi connectivity index (χ3v) is 2.95. The highest BCUT2D eigenvalue weighted by atomic mass is 35.5. The molecule has 1 N–H and O–H groups in total. The third kappa shape index (κ3) is 2.26. The Morgan fingerprint density at radius 3 is 1.94 bits per heavy atom. The van der Waals surface area contributed by atoms with E-state index in [0.29, 0.717) is 0 Å². The third-order valence-electron chi connectivity index (χ3n) is 2.33. The number of phenols is 1. The summed E-state index contributed by atoms with van der Waals surface area (Å²) in [5.74, 6) is -4.47. The monoisotopic (exact) mass is 292 g/mol. The molecule has 2 rings (SSSR count). The van der Waals surface area contributed by atoms with Crippen molar-refractivity contribution in [3.8, 4) is 16.9 Å². The van der Waals surface area contributed by atoms with Gasteiger partial charge in [0.2, 0.25) is 0 Å². The van der Waals surface area contributed by atoms with Gasteiger partial charge >= 0.3 is 0 Å². The first-order valence-corrected chi connectivity index (χ1v) is 5.48. The first-order valence-electron chi connectivity index (χ1n) is 4.73. The zero-order valence-corrected chi connectivity index (χ0v) is 10.2. The van der Waals surface area contributed by atoms with Gasteiger partial charge in [-0.3, -0.25) is 0 Å². The van der Waals surface area contributed by atoms with Crippen LogP contribution in [0.4, 0.5) is 13.2 Å². The minimum absolute atomic E-state index is 0.0262. The SMILES string of the molecule is Oc1cc(Cl)c(-c2cc(F)c(F)c(F)c2)cc1Cl. The van der Waals surface area contributed by atoms with Crippen LogP contribution >= 0.6 is 23.2 Å². The predicted octanol–water partition coefficient (Wildman–Crippen LogP) is 4.78. The van der Waals surface area contributed by atoms with Gasteiger partial charge in [0.05, 0.1) is 10.0 Å². The van der Waals surface area contributed by atoms with Gasteiger partial charge in [0, 0.05) is 11.6 Å². The lowest BCUT2D eigenvalue weighted by Crippen LogP contribution is -1.92. The van der Waals surface area contributed by atoms with Crippen molar-refractivity contribution in [3.05, 3.63) is 51.8 Å². The van der Waals surface area contributed by atoms with E-state index in [1.807, 2.05) is 0 Å². The summed E-state index contributed by atoms with van der Waals surface area (Å²) < 4.78 is 39.0. The fourth-order valence-corrected chi connectivity index (χ4v) is 1.90. The summed E-state index contributed by atoms with van der Waals surface area (Å²) in [5, 5.41) is 9.32. The van der Waals surface area contributed by atoms with Gasteiger partial charge in [-0.25, -0.2) is 13.2 Å². The van der Waals surface area contributed by atoms with E-state index in [-0.39, 0.29) is 26.9 Å². The van der Waals surface area contributed by atoms with Crippen molar-refractivity contribution in [2.24, 2.45) is 0 Å². The highest BCUT2D eigenvalue weighted by Crippen LogP contribution is 2.36. The first kappa shape index (κ1) is 13.1. The molecule has 0 aliphatic rings. The van der Waals surface area contributed by atoms with Gasteiger partial charge in [0.25, 0.3) is 0 Å². The van der Waals surface area contributed by atoms with Crippen LogP contribution in [-0.4, -0.2) is 5.11 Å². The van der Waals surface area contributed by atoms with Gasteiger partial charge in [-0.1, -0.05) is 23.2 Å². The number of aromatic hydroxyl groups is 1. The lowest BCUT2D eigenvalue weighted by molar-refractivity contribution is 0.447. The smallest absolute Gasteiger partial charge is 0.194 e. The van der Waals surface area contributed by atoms with Crippen LogP contribution in [0.25, 0.3) is 11.1 Å². The Kier molecular flexibility index (Phi) is 3.41. The molecular weight excluding hydrogens is 288 g/mol. The number of benzene rings is 2. The number of halogens is 5. The van der Waals surface area contributed by atoms with Crippen LogP contribution in [0.3, 0.4) is 0 Å². The normalized spacial score (nSPS) is 10.7. The van der Waals surface area contributed by atoms with Crippen molar-refractivity contribution in [1.82, 2.24) is 0 Å². The molecule has 0 aliphatic carbocycles. The number of rotatable bonds is 1. The molecule has 6 heteroatoms. The fourth-order valence-electron chi connectivity index (χ4n) is 1.47. The van der Waals surface area contributed by atoms with E-state index in [2.05, 4.69) is 0 Å². The van der Waals surface area contributed by atoms with Crippen LogP contribution in [0.15, 0.2) is 24.3 Å². The second-order valence-corrected chi connectivity index (χ2v) is 4.35. The number of phenolic OH excluding ortho intramolecular Hbond substituents is 1. The van der Waals surface area contributed by atoms with Gasteiger partial charge in [-0.2, -0.15) is 0 Å². The van der Waals surface area contributed by atoms with Crippen LogP contribution in [0, 0.1) is 17.5 Å². The average molecular weight is 293 g/mol. The van der Waals surface area contributed by atoms with Crippen molar-refractivity contribution in [1.29, 1.82) is 0 Å². The average Bonchev–Trinajstić information content (AvgIpc) is 2.30. The van der Waals surface area contributed by atoms with Crippen molar-refractivity contribution in [2.45, 2.75) is 0 Å². The molecule has 0 amide bonds. The minimum atomic E-state index is -1.56. The van der Waals surface area contributed by atoms with E-state index in [1.54, 1.807) is 0 Å². The molecule has 0 radical (unpaired) electrons. The van der Waals surface area contributed by atoms with E-state index < -0.39 is 17.5 Å². The van der Waals surface area contributed by atoms with Crippen LogP contribution < -0.4 is 0 Å². The first-order chi connectivity index (χ1) is 8.40. The van der Waals surface area contributed by atoms with E-state index in [0.717, 1.165) is 18.2 Å². The molecule has 18 heavy (non-hydrogen) atoms. The molecule has 1 nitrogen and oxygen atoms in total. The van der Waals surface area contributed by atoms with Gasteiger partial charge in [0.15, 0.2) is 17.5 Å². The molecule has 0 spiro atoms. The minimum Gasteiger partial charge on any atom is -0.506 e. The maximum Gasteiger partial charge on any atom is 0.194 e. The summed E-state index contributed by atoms with van der Waals surface area (Å²) >= 11 is 11.5. The van der Waals surface area contributed by atoms with Crippen LogP contribution in [0.1, 0.15) is 0 Å². The summed E-state index contributed by atoms with van der Waals surface area (Å²) in [6.07, 6.45) is 0. The summed E-state index contributed by atoms with van der Waals surface area (Å²) in [4.78, 5) is 0. The van der Waals surface area contributed by atoms with Gasteiger partial charge in [-0.05, 0) is 23.8 Å². The summed E-state index contributed by atoms with van der Waals surface area (Å²) in [6, 6.07) is 3.98. The quantitative estimate of drug-likeness (QED) is 0.750. The van der Waals surface area contributed by atoms with Crippen LogP contribution in [0.2, 0.25) is 10.0 Å².